The van der Waals surface area contributed by atoms with E-state index in [1.54, 1.807) is 18.2 Å². The van der Waals surface area contributed by atoms with Crippen LogP contribution in [0.15, 0.2) is 23.7 Å². The fourth-order valence-corrected chi connectivity index (χ4v) is 3.95. The molecule has 2 atom stereocenters. The number of hydrogen-bond donors (Lipinski definition) is 1. The number of halogens is 5. The van der Waals surface area contributed by atoms with Gasteiger partial charge in [0.15, 0.2) is 5.69 Å². The van der Waals surface area contributed by atoms with Crippen molar-refractivity contribution in [1.29, 1.82) is 0 Å². The van der Waals surface area contributed by atoms with Crippen LogP contribution in [0.2, 0.25) is 10.0 Å². The van der Waals surface area contributed by atoms with E-state index in [0.717, 1.165) is 17.5 Å². The second-order valence-corrected chi connectivity index (χ2v) is 7.16. The van der Waals surface area contributed by atoms with Crippen molar-refractivity contribution in [1.82, 2.24) is 10.3 Å². The number of thiazole rings is 1. The van der Waals surface area contributed by atoms with Crippen LogP contribution < -0.4 is 5.32 Å². The van der Waals surface area contributed by atoms with Crippen molar-refractivity contribution in [3.8, 4) is 0 Å². The molecule has 3 nitrogen and oxygen atoms in total. The van der Waals surface area contributed by atoms with E-state index < -0.39 is 22.7 Å². The first-order chi connectivity index (χ1) is 11.3. The zero-order valence-electron chi connectivity index (χ0n) is 12.0. The summed E-state index contributed by atoms with van der Waals surface area (Å²) >= 11 is 12.7. The molecule has 0 bridgehead atoms. The van der Waals surface area contributed by atoms with Crippen LogP contribution in [0.5, 0.6) is 0 Å². The van der Waals surface area contributed by atoms with Crippen molar-refractivity contribution in [2.45, 2.75) is 31.0 Å². The van der Waals surface area contributed by atoms with Gasteiger partial charge in [-0.1, -0.05) is 29.3 Å². The van der Waals surface area contributed by atoms with E-state index in [4.69, 9.17) is 23.2 Å². The van der Waals surface area contributed by atoms with E-state index >= 15 is 0 Å². The molecule has 1 N–H and O–H groups in total. The average molecular weight is 395 g/mol. The van der Waals surface area contributed by atoms with E-state index in [0.29, 0.717) is 27.8 Å². The summed E-state index contributed by atoms with van der Waals surface area (Å²) in [4.78, 5) is 15.0. The van der Waals surface area contributed by atoms with E-state index in [1.807, 2.05) is 0 Å². The molecule has 0 saturated heterocycles. The van der Waals surface area contributed by atoms with Crippen LogP contribution in [0.25, 0.3) is 0 Å². The van der Waals surface area contributed by atoms with Gasteiger partial charge in [-0.15, -0.1) is 11.3 Å². The summed E-state index contributed by atoms with van der Waals surface area (Å²) in [5, 5.41) is 3.65. The zero-order valence-corrected chi connectivity index (χ0v) is 14.4. The molecular weight excluding hydrogens is 384 g/mol. The molecule has 9 heteroatoms. The summed E-state index contributed by atoms with van der Waals surface area (Å²) in [5.41, 5.74) is 0.704. The van der Waals surface area contributed by atoms with Gasteiger partial charge >= 0.3 is 6.18 Å². The first-order valence-electron chi connectivity index (χ1n) is 7.04. The second kappa shape index (κ2) is 6.54. The number of aromatic nitrogens is 1. The number of amides is 1. The number of alkyl halides is 3. The molecule has 1 aliphatic rings. The Bertz CT molecular complexity index is 778. The van der Waals surface area contributed by atoms with Crippen molar-refractivity contribution in [2.75, 3.05) is 0 Å². The van der Waals surface area contributed by atoms with Gasteiger partial charge in [-0.05, 0) is 30.5 Å². The third-order valence-electron chi connectivity index (χ3n) is 4.00. The highest BCUT2D eigenvalue weighted by Gasteiger charge is 2.40. The van der Waals surface area contributed by atoms with E-state index in [2.05, 4.69) is 10.3 Å². The van der Waals surface area contributed by atoms with E-state index in [1.165, 1.54) is 0 Å². The average Bonchev–Trinajstić information content (AvgIpc) is 2.96. The Morgan fingerprint density at radius 2 is 2.04 bits per heavy atom. The molecule has 1 aromatic carbocycles. The molecule has 1 heterocycles. The number of rotatable bonds is 3. The van der Waals surface area contributed by atoms with Gasteiger partial charge in [0.25, 0.3) is 5.91 Å². The molecule has 1 aromatic heterocycles. The zero-order chi connectivity index (χ0) is 17.5. The molecule has 24 heavy (non-hydrogen) atoms. The van der Waals surface area contributed by atoms with Gasteiger partial charge < -0.3 is 5.32 Å². The molecule has 1 fully saturated rings. The number of nitrogens with zero attached hydrogens (tertiary/aromatic N) is 1. The summed E-state index contributed by atoms with van der Waals surface area (Å²) in [5.74, 6) is -0.800. The maximum Gasteiger partial charge on any atom is 0.434 e. The van der Waals surface area contributed by atoms with Gasteiger partial charge in [-0.2, -0.15) is 13.2 Å². The number of carbonyl (C=O) groups is 1. The molecule has 1 saturated carbocycles. The summed E-state index contributed by atoms with van der Waals surface area (Å²) in [6, 6.07) is 4.83. The molecule has 0 unspecified atom stereocenters. The third kappa shape index (κ3) is 3.38. The Kier molecular flexibility index (Phi) is 4.77. The lowest BCUT2D eigenvalue weighted by Gasteiger charge is -2.38. The van der Waals surface area contributed by atoms with Gasteiger partial charge in [-0.25, -0.2) is 4.98 Å². The smallest absolute Gasteiger partial charge is 0.348 e. The van der Waals surface area contributed by atoms with Crippen LogP contribution >= 0.6 is 34.5 Å². The van der Waals surface area contributed by atoms with Gasteiger partial charge in [0.2, 0.25) is 0 Å². The topological polar surface area (TPSA) is 42.0 Å². The predicted octanol–water partition coefficient (Wildman–Crippen LogP) is 5.14. The standard InChI is InChI=1S/C15H11Cl2F3N2OS/c16-7-1-2-8(10(17)5-7)9-3-4-11(9)22-14(23)12-13(15(18,19)20)21-6-24-12/h1-2,5-6,9,11H,3-4H2,(H,22,23)/t9-,11-/m0/s1. The fraction of sp³-hybridized carbons (Fsp3) is 0.333. The van der Waals surface area contributed by atoms with Crippen LogP contribution in [0.4, 0.5) is 13.2 Å². The van der Waals surface area contributed by atoms with Gasteiger partial charge in [-0.3, -0.25) is 4.79 Å². The van der Waals surface area contributed by atoms with Crippen LogP contribution in [0.3, 0.4) is 0 Å². The number of carbonyl (C=O) groups excluding carboxylic acids is 1. The van der Waals surface area contributed by atoms with Gasteiger partial charge in [0.1, 0.15) is 4.88 Å². The quantitative estimate of drug-likeness (QED) is 0.782. The molecule has 0 aliphatic heterocycles. The normalized spacial score (nSPS) is 20.5. The summed E-state index contributed by atoms with van der Waals surface area (Å²) in [7, 11) is 0. The molecule has 0 spiro atoms. The van der Waals surface area contributed by atoms with Gasteiger partial charge in [0.05, 0.1) is 5.51 Å². The van der Waals surface area contributed by atoms with Crippen molar-refractivity contribution >= 4 is 40.4 Å². The minimum Gasteiger partial charge on any atom is -0.348 e. The first-order valence-corrected chi connectivity index (χ1v) is 8.67. The van der Waals surface area contributed by atoms with Crippen molar-refractivity contribution < 1.29 is 18.0 Å². The van der Waals surface area contributed by atoms with Crippen LogP contribution in [-0.4, -0.2) is 16.9 Å². The van der Waals surface area contributed by atoms with E-state index in [9.17, 15) is 18.0 Å². The SMILES string of the molecule is O=C(N[C@H]1CC[C@H]1c1ccc(Cl)cc1Cl)c1scnc1C(F)(F)F. The fourth-order valence-electron chi connectivity index (χ4n) is 2.69. The molecule has 2 aromatic rings. The van der Waals surface area contributed by atoms with Crippen LogP contribution in [-0.2, 0) is 6.18 Å². The highest BCUT2D eigenvalue weighted by atomic mass is 35.5. The Labute approximate surface area is 149 Å². The predicted molar refractivity (Wildman–Crippen MR) is 86.8 cm³/mol. The largest absolute Gasteiger partial charge is 0.434 e. The Hall–Kier alpha value is -1.31. The van der Waals surface area contributed by atoms with Crippen molar-refractivity contribution in [3.63, 3.8) is 0 Å². The first kappa shape index (κ1) is 17.5. The number of hydrogen-bond acceptors (Lipinski definition) is 3. The van der Waals surface area contributed by atoms with Gasteiger partial charge in [0, 0.05) is 22.0 Å². The highest BCUT2D eigenvalue weighted by Crippen LogP contribution is 2.41. The molecule has 128 valence electrons. The minimum atomic E-state index is -4.65. The summed E-state index contributed by atoms with van der Waals surface area (Å²) < 4.78 is 38.5. The number of benzene rings is 1. The maximum atomic E-state index is 12.8. The van der Waals surface area contributed by atoms with Crippen LogP contribution in [0, 0.1) is 0 Å². The van der Waals surface area contributed by atoms with Crippen LogP contribution in [0.1, 0.15) is 39.7 Å². The van der Waals surface area contributed by atoms with E-state index in [-0.39, 0.29) is 12.0 Å². The minimum absolute atomic E-state index is 0.0408. The molecular formula is C15H11Cl2F3N2OS. The maximum absolute atomic E-state index is 12.8. The van der Waals surface area contributed by atoms with Crippen molar-refractivity contribution in [3.05, 3.63) is 49.9 Å². The molecule has 0 radical (unpaired) electrons. The molecule has 1 amide bonds. The summed E-state index contributed by atoms with van der Waals surface area (Å²) in [6.07, 6.45) is -3.18. The lowest BCUT2D eigenvalue weighted by atomic mass is 9.75. The monoisotopic (exact) mass is 394 g/mol. The third-order valence-corrected chi connectivity index (χ3v) is 5.38. The van der Waals surface area contributed by atoms with Crippen molar-refractivity contribution in [2.24, 2.45) is 0 Å². The number of nitrogens with one attached hydrogen (secondary N) is 1. The lowest BCUT2D eigenvalue weighted by Crippen LogP contribution is -2.45. The second-order valence-electron chi connectivity index (χ2n) is 5.46. The lowest BCUT2D eigenvalue weighted by molar-refractivity contribution is -0.141. The molecule has 3 rings (SSSR count). The highest BCUT2D eigenvalue weighted by molar-refractivity contribution is 7.11. The summed E-state index contributed by atoms with van der Waals surface area (Å²) in [6.45, 7) is 0. The Morgan fingerprint density at radius 1 is 1.29 bits per heavy atom. The Balaban J connectivity index is 1.75. The molecule has 1 aliphatic carbocycles. The Morgan fingerprint density at radius 3 is 2.62 bits per heavy atom.